The number of benzene rings is 2. The number of carbonyl (C=O) groups is 2. The molecule has 142 valence electrons. The number of aromatic hydroxyl groups is 1. The van der Waals surface area contributed by atoms with Crippen LogP contribution in [-0.2, 0) is 16.1 Å². The first kappa shape index (κ1) is 19.3. The van der Waals surface area contributed by atoms with Gasteiger partial charge in [-0.1, -0.05) is 23.2 Å². The largest absolute Gasteiger partial charge is 0.508 e. The normalized spacial score (nSPS) is 13.3. The number of phenolic OH excluding ortho intramolecular Hbond substituents is 1. The van der Waals surface area contributed by atoms with Crippen molar-refractivity contribution in [2.24, 2.45) is 0 Å². The van der Waals surface area contributed by atoms with Crippen LogP contribution < -0.4 is 15.4 Å². The maximum absolute atomic E-state index is 11.2. The highest BCUT2D eigenvalue weighted by Crippen LogP contribution is 2.39. The van der Waals surface area contributed by atoms with Crippen molar-refractivity contribution in [3.05, 3.63) is 45.9 Å². The fourth-order valence-corrected chi connectivity index (χ4v) is 2.90. The lowest BCUT2D eigenvalue weighted by molar-refractivity contribution is -0.147. The molecule has 3 rings (SSSR count). The average molecular weight is 411 g/mol. The van der Waals surface area contributed by atoms with E-state index in [1.807, 2.05) is 0 Å². The van der Waals surface area contributed by atoms with Gasteiger partial charge in [-0.05, 0) is 43.2 Å². The Morgan fingerprint density at radius 2 is 1.81 bits per heavy atom. The number of rotatable bonds is 6. The van der Waals surface area contributed by atoms with Crippen LogP contribution in [0.4, 0.5) is 5.69 Å². The smallest absolute Gasteiger partial charge is 0.394 e. The summed E-state index contributed by atoms with van der Waals surface area (Å²) in [5, 5.41) is 24.3. The van der Waals surface area contributed by atoms with Crippen molar-refractivity contribution in [3.8, 4) is 17.2 Å². The summed E-state index contributed by atoms with van der Waals surface area (Å²) >= 11 is 12.3. The molecule has 0 aromatic heterocycles. The Labute approximate surface area is 164 Å². The second-order valence-corrected chi connectivity index (χ2v) is 6.89. The minimum absolute atomic E-state index is 0.0916. The van der Waals surface area contributed by atoms with Crippen molar-refractivity contribution in [1.29, 1.82) is 0 Å². The van der Waals surface area contributed by atoms with Crippen molar-refractivity contribution in [2.45, 2.75) is 25.4 Å². The molecule has 0 aliphatic heterocycles. The van der Waals surface area contributed by atoms with E-state index in [2.05, 4.69) is 10.6 Å². The Bertz CT molecular complexity index is 876. The van der Waals surface area contributed by atoms with Crippen LogP contribution in [0.2, 0.25) is 10.0 Å². The van der Waals surface area contributed by atoms with Crippen molar-refractivity contribution >= 4 is 40.8 Å². The summed E-state index contributed by atoms with van der Waals surface area (Å²) in [7, 11) is 0. The Hall–Kier alpha value is -2.48. The van der Waals surface area contributed by atoms with Gasteiger partial charge < -0.3 is 25.6 Å². The van der Waals surface area contributed by atoms with Crippen molar-refractivity contribution in [3.63, 3.8) is 0 Å². The summed E-state index contributed by atoms with van der Waals surface area (Å²) in [6.07, 6.45) is 2.26. The number of carboxylic acids is 1. The number of aliphatic carboxylic acids is 1. The summed E-state index contributed by atoms with van der Waals surface area (Å²) in [6.45, 7) is 0.509. The van der Waals surface area contributed by atoms with E-state index in [4.69, 9.17) is 33.0 Å². The lowest BCUT2D eigenvalue weighted by Gasteiger charge is -2.13. The number of amides is 1. The Morgan fingerprint density at radius 3 is 2.41 bits per heavy atom. The molecule has 0 spiro atoms. The van der Waals surface area contributed by atoms with Gasteiger partial charge in [0.15, 0.2) is 5.75 Å². The van der Waals surface area contributed by atoms with Gasteiger partial charge in [0, 0.05) is 23.8 Å². The number of phenols is 1. The standard InChI is InChI=1S/C18H16Cl2N2O5/c19-13-6-11(22-17(24)18(25)26)7-14(20)16(13)27-12-3-4-15(23)9(5-12)8-21-10-1-2-10/h3-7,10,21,23H,1-2,8H2,(H,22,24)(H,25,26). The number of hydrogen-bond acceptors (Lipinski definition) is 5. The van der Waals surface area contributed by atoms with Gasteiger partial charge in [0.25, 0.3) is 0 Å². The number of hydrogen-bond donors (Lipinski definition) is 4. The summed E-state index contributed by atoms with van der Waals surface area (Å²) in [5.41, 5.74) is 0.807. The predicted molar refractivity (Wildman–Crippen MR) is 101 cm³/mol. The van der Waals surface area contributed by atoms with Crippen LogP contribution in [-0.4, -0.2) is 28.1 Å². The predicted octanol–water partition coefficient (Wildman–Crippen LogP) is 3.77. The highest BCUT2D eigenvalue weighted by molar-refractivity contribution is 6.39. The molecular formula is C18H16Cl2N2O5. The first-order valence-electron chi connectivity index (χ1n) is 8.10. The van der Waals surface area contributed by atoms with Gasteiger partial charge in [-0.2, -0.15) is 0 Å². The topological polar surface area (TPSA) is 108 Å². The van der Waals surface area contributed by atoms with Crippen molar-refractivity contribution in [2.75, 3.05) is 5.32 Å². The number of ether oxygens (including phenoxy) is 1. The number of nitrogens with one attached hydrogen (secondary N) is 2. The molecule has 0 radical (unpaired) electrons. The highest BCUT2D eigenvalue weighted by Gasteiger charge is 2.21. The molecular weight excluding hydrogens is 395 g/mol. The monoisotopic (exact) mass is 410 g/mol. The molecule has 2 aromatic carbocycles. The molecule has 1 fully saturated rings. The molecule has 7 nitrogen and oxygen atoms in total. The lowest BCUT2D eigenvalue weighted by Crippen LogP contribution is -2.21. The van der Waals surface area contributed by atoms with Gasteiger partial charge in [0.05, 0.1) is 10.0 Å². The second-order valence-electron chi connectivity index (χ2n) is 6.08. The molecule has 2 aromatic rings. The molecule has 27 heavy (non-hydrogen) atoms. The molecule has 1 saturated carbocycles. The average Bonchev–Trinajstić information content (AvgIpc) is 3.42. The van der Waals surface area contributed by atoms with E-state index in [1.54, 1.807) is 12.1 Å². The van der Waals surface area contributed by atoms with Gasteiger partial charge >= 0.3 is 11.9 Å². The van der Waals surface area contributed by atoms with E-state index in [0.29, 0.717) is 23.9 Å². The zero-order valence-corrected chi connectivity index (χ0v) is 15.5. The Kier molecular flexibility index (Phi) is 5.74. The van der Waals surface area contributed by atoms with Gasteiger partial charge in [-0.3, -0.25) is 4.79 Å². The first-order chi connectivity index (χ1) is 12.8. The molecule has 9 heteroatoms. The quantitative estimate of drug-likeness (QED) is 0.539. The Balaban J connectivity index is 1.77. The number of halogens is 2. The van der Waals surface area contributed by atoms with E-state index < -0.39 is 11.9 Å². The molecule has 0 heterocycles. The maximum Gasteiger partial charge on any atom is 0.394 e. The zero-order chi connectivity index (χ0) is 19.6. The fourth-order valence-electron chi connectivity index (χ4n) is 2.34. The maximum atomic E-state index is 11.2. The molecule has 4 N–H and O–H groups in total. The zero-order valence-electron chi connectivity index (χ0n) is 14.0. The number of carboxylic acid groups (broad SMARTS) is 1. The molecule has 1 aliphatic rings. The molecule has 1 amide bonds. The fraction of sp³-hybridized carbons (Fsp3) is 0.222. The van der Waals surface area contributed by atoms with Gasteiger partial charge in [0.1, 0.15) is 11.5 Å². The van der Waals surface area contributed by atoms with Crippen LogP contribution in [0.25, 0.3) is 0 Å². The SMILES string of the molecule is O=C(O)C(=O)Nc1cc(Cl)c(Oc2ccc(O)c(CNC3CC3)c2)c(Cl)c1. The highest BCUT2D eigenvalue weighted by atomic mass is 35.5. The van der Waals surface area contributed by atoms with Crippen LogP contribution in [0.15, 0.2) is 30.3 Å². The van der Waals surface area contributed by atoms with Gasteiger partial charge in [-0.15, -0.1) is 0 Å². The Morgan fingerprint density at radius 1 is 1.15 bits per heavy atom. The van der Waals surface area contributed by atoms with Gasteiger partial charge in [0.2, 0.25) is 0 Å². The molecule has 0 saturated heterocycles. The van der Waals surface area contributed by atoms with Crippen molar-refractivity contribution < 1.29 is 24.5 Å². The van der Waals surface area contributed by atoms with Crippen LogP contribution in [0.5, 0.6) is 17.2 Å². The first-order valence-corrected chi connectivity index (χ1v) is 8.85. The summed E-state index contributed by atoms with van der Waals surface area (Å²) in [4.78, 5) is 21.8. The van der Waals surface area contributed by atoms with E-state index in [1.165, 1.54) is 18.2 Å². The molecule has 0 atom stereocenters. The van der Waals surface area contributed by atoms with Crippen LogP contribution in [0.1, 0.15) is 18.4 Å². The van der Waals surface area contributed by atoms with E-state index in [0.717, 1.165) is 12.8 Å². The van der Waals surface area contributed by atoms with Crippen molar-refractivity contribution in [1.82, 2.24) is 5.32 Å². The van der Waals surface area contributed by atoms with E-state index in [9.17, 15) is 14.7 Å². The van der Waals surface area contributed by atoms with Crippen LogP contribution >= 0.6 is 23.2 Å². The third-order valence-corrected chi connectivity index (χ3v) is 4.44. The van der Waals surface area contributed by atoms with E-state index in [-0.39, 0.29) is 27.2 Å². The third kappa shape index (κ3) is 5.03. The minimum Gasteiger partial charge on any atom is -0.508 e. The lowest BCUT2D eigenvalue weighted by atomic mass is 10.2. The molecule has 0 bridgehead atoms. The van der Waals surface area contributed by atoms with Crippen LogP contribution in [0.3, 0.4) is 0 Å². The summed E-state index contributed by atoms with van der Waals surface area (Å²) in [5.74, 6) is -2.11. The number of anilines is 1. The van der Waals surface area contributed by atoms with E-state index >= 15 is 0 Å². The number of carbonyl (C=O) groups excluding carboxylic acids is 1. The second kappa shape index (κ2) is 8.04. The summed E-state index contributed by atoms with van der Waals surface area (Å²) in [6, 6.07) is 7.92. The molecule has 0 unspecified atom stereocenters. The summed E-state index contributed by atoms with van der Waals surface area (Å²) < 4.78 is 5.73. The molecule has 1 aliphatic carbocycles. The minimum atomic E-state index is -1.63. The van der Waals surface area contributed by atoms with Gasteiger partial charge in [-0.25, -0.2) is 4.79 Å². The third-order valence-electron chi connectivity index (χ3n) is 3.88. The van der Waals surface area contributed by atoms with Crippen LogP contribution in [0, 0.1) is 0 Å².